The third kappa shape index (κ3) is 3.88. The van der Waals surface area contributed by atoms with Gasteiger partial charge in [-0.15, -0.1) is 0 Å². The Labute approximate surface area is 198 Å². The SMILES string of the molecule is Cc1ccc(-n2nc(C)c3c2NC(=O)[C@H](NC(=O)c2ccccc2)[C@@H]3c2cccc(C)c2)cc1. The number of nitrogens with zero attached hydrogens (tertiary/aromatic N) is 2. The van der Waals surface area contributed by atoms with E-state index in [2.05, 4.69) is 16.7 Å². The highest BCUT2D eigenvalue weighted by Crippen LogP contribution is 2.40. The number of carbonyl (C=O) groups excluding carboxylic acids is 2. The van der Waals surface area contributed by atoms with Crippen LogP contribution in [0.15, 0.2) is 78.9 Å². The molecule has 34 heavy (non-hydrogen) atoms. The molecule has 1 aliphatic heterocycles. The highest BCUT2D eigenvalue weighted by molar-refractivity contribution is 6.04. The summed E-state index contributed by atoms with van der Waals surface area (Å²) in [5.41, 5.74) is 6.28. The maximum atomic E-state index is 13.5. The molecule has 1 aliphatic rings. The molecule has 5 rings (SSSR count). The van der Waals surface area contributed by atoms with Crippen molar-refractivity contribution in [3.05, 3.63) is 112 Å². The van der Waals surface area contributed by atoms with E-state index in [1.54, 1.807) is 16.8 Å². The first-order valence-electron chi connectivity index (χ1n) is 11.3. The minimum absolute atomic E-state index is 0.267. The molecule has 2 heterocycles. The van der Waals surface area contributed by atoms with Crippen LogP contribution < -0.4 is 10.6 Å². The summed E-state index contributed by atoms with van der Waals surface area (Å²) >= 11 is 0. The summed E-state index contributed by atoms with van der Waals surface area (Å²) in [6, 6.07) is 24.2. The van der Waals surface area contributed by atoms with E-state index >= 15 is 0 Å². The van der Waals surface area contributed by atoms with E-state index in [-0.39, 0.29) is 17.7 Å². The Bertz CT molecular complexity index is 1370. The molecular weight excluding hydrogens is 424 g/mol. The number of amides is 2. The van der Waals surface area contributed by atoms with Gasteiger partial charge in [0.25, 0.3) is 5.91 Å². The van der Waals surface area contributed by atoms with Crippen molar-refractivity contribution < 1.29 is 9.59 Å². The maximum Gasteiger partial charge on any atom is 0.251 e. The summed E-state index contributed by atoms with van der Waals surface area (Å²) in [6.07, 6.45) is 0. The van der Waals surface area contributed by atoms with Crippen LogP contribution in [0.3, 0.4) is 0 Å². The fourth-order valence-corrected chi connectivity index (χ4v) is 4.60. The van der Waals surface area contributed by atoms with Crippen LogP contribution in [0.25, 0.3) is 5.69 Å². The van der Waals surface area contributed by atoms with Crippen LogP contribution in [0.5, 0.6) is 0 Å². The van der Waals surface area contributed by atoms with Gasteiger partial charge in [-0.2, -0.15) is 5.10 Å². The number of hydrogen-bond acceptors (Lipinski definition) is 3. The van der Waals surface area contributed by atoms with E-state index in [0.717, 1.165) is 33.6 Å². The smallest absolute Gasteiger partial charge is 0.251 e. The Morgan fingerprint density at radius 3 is 2.35 bits per heavy atom. The van der Waals surface area contributed by atoms with Crippen LogP contribution in [0.1, 0.15) is 44.2 Å². The van der Waals surface area contributed by atoms with Crippen molar-refractivity contribution in [2.75, 3.05) is 5.32 Å². The van der Waals surface area contributed by atoms with Crippen molar-refractivity contribution in [1.82, 2.24) is 15.1 Å². The quantitative estimate of drug-likeness (QED) is 0.474. The van der Waals surface area contributed by atoms with Gasteiger partial charge in [-0.25, -0.2) is 4.68 Å². The Balaban J connectivity index is 1.63. The lowest BCUT2D eigenvalue weighted by atomic mass is 9.81. The Hall–Kier alpha value is -4.19. The van der Waals surface area contributed by atoms with Gasteiger partial charge in [-0.1, -0.05) is 65.7 Å². The number of hydrogen-bond donors (Lipinski definition) is 2. The third-order valence-electron chi connectivity index (χ3n) is 6.28. The number of aromatic nitrogens is 2. The van der Waals surface area contributed by atoms with Crippen molar-refractivity contribution in [2.24, 2.45) is 0 Å². The lowest BCUT2D eigenvalue weighted by Crippen LogP contribution is -2.50. The fourth-order valence-electron chi connectivity index (χ4n) is 4.60. The summed E-state index contributed by atoms with van der Waals surface area (Å²) in [5.74, 6) is -0.291. The highest BCUT2D eigenvalue weighted by atomic mass is 16.2. The standard InChI is InChI=1S/C28H26N4O2/c1-17-12-14-22(15-13-17)32-26-23(19(3)31-32)24(21-11-7-8-18(2)16-21)25(28(34)30-26)29-27(33)20-9-5-4-6-10-20/h4-16,24-25H,1-3H3,(H,29,33)(H,30,34)/t24-,25-/m1/s1. The van der Waals surface area contributed by atoms with Gasteiger partial charge in [0.2, 0.25) is 5.91 Å². The van der Waals surface area contributed by atoms with Gasteiger partial charge in [0, 0.05) is 17.0 Å². The molecule has 2 amide bonds. The normalized spacial score (nSPS) is 17.1. The average molecular weight is 451 g/mol. The number of nitrogens with one attached hydrogen (secondary N) is 2. The number of anilines is 1. The maximum absolute atomic E-state index is 13.5. The molecule has 0 bridgehead atoms. The molecule has 0 saturated carbocycles. The van der Waals surface area contributed by atoms with E-state index in [1.807, 2.05) is 81.4 Å². The van der Waals surface area contributed by atoms with Gasteiger partial charge in [-0.3, -0.25) is 9.59 Å². The second-order valence-electron chi connectivity index (χ2n) is 8.79. The topological polar surface area (TPSA) is 76.0 Å². The first-order chi connectivity index (χ1) is 16.4. The molecule has 6 heteroatoms. The van der Waals surface area contributed by atoms with E-state index in [1.165, 1.54) is 0 Å². The molecule has 0 saturated heterocycles. The molecule has 0 fully saturated rings. The van der Waals surface area contributed by atoms with E-state index in [0.29, 0.717) is 11.4 Å². The molecule has 2 N–H and O–H groups in total. The molecule has 170 valence electrons. The first kappa shape index (κ1) is 21.6. The van der Waals surface area contributed by atoms with Gasteiger partial charge < -0.3 is 10.6 Å². The second kappa shape index (κ2) is 8.63. The molecule has 0 aliphatic carbocycles. The summed E-state index contributed by atoms with van der Waals surface area (Å²) in [5, 5.41) is 10.8. The molecule has 1 aromatic heterocycles. The zero-order chi connectivity index (χ0) is 23.8. The zero-order valence-electron chi connectivity index (χ0n) is 19.4. The van der Waals surface area contributed by atoms with Crippen molar-refractivity contribution in [3.8, 4) is 5.69 Å². The largest absolute Gasteiger partial charge is 0.339 e. The summed E-state index contributed by atoms with van der Waals surface area (Å²) in [6.45, 7) is 6.00. The minimum Gasteiger partial charge on any atom is -0.339 e. The van der Waals surface area contributed by atoms with Gasteiger partial charge in [0.1, 0.15) is 11.9 Å². The van der Waals surface area contributed by atoms with Gasteiger partial charge in [0.05, 0.1) is 11.4 Å². The van der Waals surface area contributed by atoms with E-state index in [9.17, 15) is 9.59 Å². The van der Waals surface area contributed by atoms with Crippen LogP contribution in [-0.4, -0.2) is 27.6 Å². The lowest BCUT2D eigenvalue weighted by molar-refractivity contribution is -0.118. The van der Waals surface area contributed by atoms with Crippen LogP contribution in [0.4, 0.5) is 5.82 Å². The third-order valence-corrected chi connectivity index (χ3v) is 6.28. The van der Waals surface area contributed by atoms with Crippen LogP contribution in [0.2, 0.25) is 0 Å². The Kier molecular flexibility index (Phi) is 5.49. The number of carbonyl (C=O) groups is 2. The molecular formula is C28H26N4O2. The molecule has 2 atom stereocenters. The van der Waals surface area contributed by atoms with Crippen LogP contribution >= 0.6 is 0 Å². The molecule has 0 spiro atoms. The second-order valence-corrected chi connectivity index (χ2v) is 8.79. The molecule has 4 aromatic rings. The van der Waals surface area contributed by atoms with Crippen molar-refractivity contribution in [3.63, 3.8) is 0 Å². The molecule has 0 radical (unpaired) electrons. The number of rotatable bonds is 4. The van der Waals surface area contributed by atoms with Crippen molar-refractivity contribution in [2.45, 2.75) is 32.7 Å². The average Bonchev–Trinajstić information content (AvgIpc) is 3.16. The van der Waals surface area contributed by atoms with Gasteiger partial charge >= 0.3 is 0 Å². The van der Waals surface area contributed by atoms with Gasteiger partial charge in [0.15, 0.2) is 0 Å². The monoisotopic (exact) mass is 450 g/mol. The summed E-state index contributed by atoms with van der Waals surface area (Å²) in [7, 11) is 0. The van der Waals surface area contributed by atoms with Crippen LogP contribution in [0, 0.1) is 20.8 Å². The predicted octanol–water partition coefficient (Wildman–Crippen LogP) is 4.68. The predicted molar refractivity (Wildman–Crippen MR) is 132 cm³/mol. The summed E-state index contributed by atoms with van der Waals surface area (Å²) in [4.78, 5) is 26.5. The van der Waals surface area contributed by atoms with E-state index in [4.69, 9.17) is 5.10 Å². The molecule has 6 nitrogen and oxygen atoms in total. The van der Waals surface area contributed by atoms with Crippen molar-refractivity contribution in [1.29, 1.82) is 0 Å². The molecule has 0 unspecified atom stereocenters. The van der Waals surface area contributed by atoms with Crippen molar-refractivity contribution >= 4 is 17.6 Å². The van der Waals surface area contributed by atoms with E-state index < -0.39 is 6.04 Å². The Morgan fingerprint density at radius 2 is 1.65 bits per heavy atom. The first-order valence-corrected chi connectivity index (χ1v) is 11.3. The number of aryl methyl sites for hydroxylation is 3. The highest BCUT2D eigenvalue weighted by Gasteiger charge is 2.41. The Morgan fingerprint density at radius 1 is 0.912 bits per heavy atom. The van der Waals surface area contributed by atoms with Crippen LogP contribution in [-0.2, 0) is 4.79 Å². The number of benzene rings is 3. The number of fused-ring (bicyclic) bond motifs is 1. The lowest BCUT2D eigenvalue weighted by Gasteiger charge is -2.33. The minimum atomic E-state index is -0.781. The fraction of sp³-hybridized carbons (Fsp3) is 0.179. The zero-order valence-corrected chi connectivity index (χ0v) is 19.4. The van der Waals surface area contributed by atoms with Gasteiger partial charge in [-0.05, 0) is 50.6 Å². The molecule has 3 aromatic carbocycles. The summed E-state index contributed by atoms with van der Waals surface area (Å²) < 4.78 is 1.78.